The van der Waals surface area contributed by atoms with Crippen molar-refractivity contribution in [3.8, 4) is 5.75 Å². The quantitative estimate of drug-likeness (QED) is 0.827. The molecule has 1 amide bonds. The van der Waals surface area contributed by atoms with E-state index in [4.69, 9.17) is 4.74 Å². The normalized spacial score (nSPS) is 25.1. The maximum atomic E-state index is 13.0. The summed E-state index contributed by atoms with van der Waals surface area (Å²) in [4.78, 5) is 13.0. The van der Waals surface area contributed by atoms with Gasteiger partial charge in [-0.15, -0.1) is 0 Å². The molecule has 2 heterocycles. The van der Waals surface area contributed by atoms with Crippen LogP contribution < -0.4 is 10.1 Å². The molecule has 0 radical (unpaired) electrons. The van der Waals surface area contributed by atoms with E-state index < -0.39 is 10.2 Å². The molecule has 3 rings (SSSR count). The molecule has 28 heavy (non-hydrogen) atoms. The van der Waals surface area contributed by atoms with Gasteiger partial charge in [-0.05, 0) is 45.2 Å². The van der Waals surface area contributed by atoms with Gasteiger partial charge in [-0.25, -0.2) is 0 Å². The number of nitrogens with zero attached hydrogens (tertiary/aromatic N) is 2. The van der Waals surface area contributed by atoms with Crippen LogP contribution in [0.3, 0.4) is 0 Å². The Hall–Kier alpha value is -1.64. The summed E-state index contributed by atoms with van der Waals surface area (Å²) in [6.45, 7) is 6.73. The number of ether oxygens (including phenoxy) is 1. The summed E-state index contributed by atoms with van der Waals surface area (Å²) in [5.74, 6) is 0.373. The van der Waals surface area contributed by atoms with E-state index in [0.29, 0.717) is 25.8 Å². The molecule has 1 saturated heterocycles. The number of piperidine rings is 1. The van der Waals surface area contributed by atoms with Crippen LogP contribution >= 0.6 is 0 Å². The molecule has 0 aromatic heterocycles. The van der Waals surface area contributed by atoms with Gasteiger partial charge in [0.2, 0.25) is 5.91 Å². The number of amides is 1. The Morgan fingerprint density at radius 1 is 1.32 bits per heavy atom. The molecule has 0 unspecified atom stereocenters. The molecule has 1 fully saturated rings. The third kappa shape index (κ3) is 4.34. The standard InChI is InChI=1S/C20H31N3O4S/c1-14-8-9-16-17(12-20(2,3)27-18(16)11-14)21-19(24)15-7-6-10-23(13-15)28(25,26)22(4)5/h8-9,11,15,17H,6-7,10,12-13H2,1-5H3,(H,21,24)/t15-,17+/m1/s1. The zero-order valence-corrected chi connectivity index (χ0v) is 18.2. The van der Waals surface area contributed by atoms with Crippen LogP contribution in [0, 0.1) is 12.8 Å². The lowest BCUT2D eigenvalue weighted by Gasteiger charge is -2.39. The Kier molecular flexibility index (Phi) is 5.76. The van der Waals surface area contributed by atoms with Crippen molar-refractivity contribution in [2.24, 2.45) is 5.92 Å². The van der Waals surface area contributed by atoms with E-state index in [-0.39, 0.29) is 30.0 Å². The molecule has 7 nitrogen and oxygen atoms in total. The van der Waals surface area contributed by atoms with Gasteiger partial charge in [0, 0.05) is 39.2 Å². The molecule has 0 bridgehead atoms. The van der Waals surface area contributed by atoms with Crippen LogP contribution in [0.4, 0.5) is 0 Å². The van der Waals surface area contributed by atoms with Gasteiger partial charge in [-0.2, -0.15) is 17.0 Å². The van der Waals surface area contributed by atoms with Crippen LogP contribution in [-0.2, 0) is 15.0 Å². The summed E-state index contributed by atoms with van der Waals surface area (Å²) in [6, 6.07) is 5.88. The van der Waals surface area contributed by atoms with Gasteiger partial charge in [0.1, 0.15) is 11.4 Å². The largest absolute Gasteiger partial charge is 0.487 e. The van der Waals surface area contributed by atoms with Gasteiger partial charge in [-0.3, -0.25) is 4.79 Å². The fraction of sp³-hybridized carbons (Fsp3) is 0.650. The van der Waals surface area contributed by atoms with Crippen LogP contribution in [0.1, 0.15) is 50.3 Å². The molecule has 0 saturated carbocycles. The van der Waals surface area contributed by atoms with Gasteiger partial charge in [0.05, 0.1) is 12.0 Å². The zero-order chi connectivity index (χ0) is 20.7. The van der Waals surface area contributed by atoms with Crippen molar-refractivity contribution >= 4 is 16.1 Å². The fourth-order valence-corrected chi connectivity index (χ4v) is 5.16. The summed E-state index contributed by atoms with van der Waals surface area (Å²) in [5, 5.41) is 3.17. The number of carbonyl (C=O) groups is 1. The summed E-state index contributed by atoms with van der Waals surface area (Å²) in [6.07, 6.45) is 2.04. The third-order valence-electron chi connectivity index (χ3n) is 5.49. The van der Waals surface area contributed by atoms with Crippen LogP contribution in [0.25, 0.3) is 0 Å². The third-order valence-corrected chi connectivity index (χ3v) is 7.39. The van der Waals surface area contributed by atoms with Crippen LogP contribution in [0.5, 0.6) is 5.75 Å². The number of nitrogens with one attached hydrogen (secondary N) is 1. The average molecular weight is 410 g/mol. The molecular weight excluding hydrogens is 378 g/mol. The van der Waals surface area contributed by atoms with Crippen LogP contribution in [-0.4, -0.2) is 55.7 Å². The van der Waals surface area contributed by atoms with Crippen LogP contribution in [0.2, 0.25) is 0 Å². The highest BCUT2D eigenvalue weighted by Crippen LogP contribution is 2.40. The highest BCUT2D eigenvalue weighted by atomic mass is 32.2. The minimum Gasteiger partial charge on any atom is -0.487 e. The number of rotatable bonds is 4. The SMILES string of the molecule is Cc1ccc2c(c1)OC(C)(C)C[C@@H]2NC(=O)[C@@H]1CCCN(S(=O)(=O)N(C)C)C1. The molecular formula is C20H31N3O4S. The predicted molar refractivity (Wildman–Crippen MR) is 108 cm³/mol. The molecule has 156 valence electrons. The van der Waals surface area contributed by atoms with Crippen molar-refractivity contribution < 1.29 is 17.9 Å². The Morgan fingerprint density at radius 2 is 2.04 bits per heavy atom. The Balaban J connectivity index is 1.76. The van der Waals surface area contributed by atoms with E-state index in [2.05, 4.69) is 5.32 Å². The molecule has 1 aromatic carbocycles. The fourth-order valence-electron chi connectivity index (χ4n) is 3.97. The first-order valence-corrected chi connectivity index (χ1v) is 11.2. The lowest BCUT2D eigenvalue weighted by Crippen LogP contribution is -2.50. The van der Waals surface area contributed by atoms with E-state index in [1.807, 2.05) is 39.0 Å². The van der Waals surface area contributed by atoms with Gasteiger partial charge >= 0.3 is 0 Å². The highest BCUT2D eigenvalue weighted by Gasteiger charge is 2.38. The van der Waals surface area contributed by atoms with E-state index in [9.17, 15) is 13.2 Å². The molecule has 0 spiro atoms. The summed E-state index contributed by atoms with van der Waals surface area (Å²) in [7, 11) is -0.473. The van der Waals surface area contributed by atoms with Crippen LogP contribution in [0.15, 0.2) is 18.2 Å². The lowest BCUT2D eigenvalue weighted by atomic mass is 9.88. The minimum atomic E-state index is -3.50. The first-order valence-electron chi connectivity index (χ1n) is 9.77. The number of fused-ring (bicyclic) bond motifs is 1. The number of hydrogen-bond donors (Lipinski definition) is 1. The number of hydrogen-bond acceptors (Lipinski definition) is 4. The Bertz CT molecular complexity index is 851. The van der Waals surface area contributed by atoms with Crippen molar-refractivity contribution in [1.82, 2.24) is 13.9 Å². The van der Waals surface area contributed by atoms with Crippen molar-refractivity contribution in [2.75, 3.05) is 27.2 Å². The molecule has 2 aliphatic rings. The first-order chi connectivity index (χ1) is 13.0. The lowest BCUT2D eigenvalue weighted by molar-refractivity contribution is -0.127. The average Bonchev–Trinajstić information content (AvgIpc) is 2.60. The predicted octanol–water partition coefficient (Wildman–Crippen LogP) is 2.23. The second kappa shape index (κ2) is 7.65. The highest BCUT2D eigenvalue weighted by molar-refractivity contribution is 7.86. The smallest absolute Gasteiger partial charge is 0.281 e. The van der Waals surface area contributed by atoms with Gasteiger partial charge in [-0.1, -0.05) is 12.1 Å². The van der Waals surface area contributed by atoms with E-state index in [1.165, 1.54) is 22.7 Å². The Morgan fingerprint density at radius 3 is 2.71 bits per heavy atom. The van der Waals surface area contributed by atoms with Gasteiger partial charge in [0.15, 0.2) is 0 Å². The van der Waals surface area contributed by atoms with E-state index in [1.54, 1.807) is 0 Å². The van der Waals surface area contributed by atoms with Gasteiger partial charge < -0.3 is 10.1 Å². The first kappa shape index (κ1) is 21.1. The summed E-state index contributed by atoms with van der Waals surface area (Å²) in [5.41, 5.74) is 1.70. The molecule has 2 aliphatic heterocycles. The van der Waals surface area contributed by atoms with E-state index in [0.717, 1.165) is 16.9 Å². The van der Waals surface area contributed by atoms with Gasteiger partial charge in [0.25, 0.3) is 10.2 Å². The maximum absolute atomic E-state index is 13.0. The number of aryl methyl sites for hydroxylation is 1. The Labute approximate surface area is 168 Å². The van der Waals surface area contributed by atoms with Crippen molar-refractivity contribution in [1.29, 1.82) is 0 Å². The molecule has 2 atom stereocenters. The monoisotopic (exact) mass is 409 g/mol. The van der Waals surface area contributed by atoms with Crippen molar-refractivity contribution in [3.05, 3.63) is 29.3 Å². The summed E-state index contributed by atoms with van der Waals surface area (Å²) < 4.78 is 33.6. The van der Waals surface area contributed by atoms with Crippen molar-refractivity contribution in [2.45, 2.75) is 51.7 Å². The molecule has 0 aliphatic carbocycles. The molecule has 8 heteroatoms. The summed E-state index contributed by atoms with van der Waals surface area (Å²) >= 11 is 0. The second-order valence-corrected chi connectivity index (χ2v) is 10.8. The number of carbonyl (C=O) groups excluding carboxylic acids is 1. The second-order valence-electron chi connectivity index (χ2n) is 8.66. The van der Waals surface area contributed by atoms with E-state index >= 15 is 0 Å². The van der Waals surface area contributed by atoms with Crippen molar-refractivity contribution in [3.63, 3.8) is 0 Å². The molecule has 1 aromatic rings. The maximum Gasteiger partial charge on any atom is 0.281 e. The molecule has 1 N–H and O–H groups in total. The topological polar surface area (TPSA) is 79.0 Å². The number of benzene rings is 1. The minimum absolute atomic E-state index is 0.0899. The zero-order valence-electron chi connectivity index (χ0n) is 17.4.